The van der Waals surface area contributed by atoms with Crippen molar-refractivity contribution in [3.8, 4) is 11.3 Å². The van der Waals surface area contributed by atoms with E-state index in [1.54, 1.807) is 11.8 Å². The monoisotopic (exact) mass is 458 g/mol. The van der Waals surface area contributed by atoms with Crippen molar-refractivity contribution in [1.29, 1.82) is 0 Å². The van der Waals surface area contributed by atoms with Gasteiger partial charge in [-0.05, 0) is 48.8 Å². The van der Waals surface area contributed by atoms with Crippen LogP contribution >= 0.6 is 23.1 Å². The van der Waals surface area contributed by atoms with E-state index in [0.717, 1.165) is 29.9 Å². The minimum atomic E-state index is 0.0219. The van der Waals surface area contributed by atoms with Crippen LogP contribution in [0.5, 0.6) is 0 Å². The quantitative estimate of drug-likeness (QED) is 0.213. The fraction of sp³-hybridized carbons (Fsp3) is 0.185. The van der Waals surface area contributed by atoms with Crippen molar-refractivity contribution in [2.75, 3.05) is 11.1 Å². The number of carbonyl (C=O) groups excluding carboxylic acids is 1. The molecule has 0 fully saturated rings. The number of aryl methyl sites for hydroxylation is 1. The molecule has 1 heterocycles. The van der Waals surface area contributed by atoms with E-state index in [2.05, 4.69) is 90.0 Å². The van der Waals surface area contributed by atoms with Gasteiger partial charge in [0.15, 0.2) is 5.13 Å². The Bertz CT molecular complexity index is 1140. The fourth-order valence-electron chi connectivity index (χ4n) is 3.33. The van der Waals surface area contributed by atoms with E-state index in [1.807, 2.05) is 11.4 Å². The van der Waals surface area contributed by atoms with Crippen LogP contribution in [0.25, 0.3) is 11.3 Å². The van der Waals surface area contributed by atoms with Crippen LogP contribution < -0.4 is 5.32 Å². The van der Waals surface area contributed by atoms with Crippen LogP contribution in [-0.2, 0) is 11.2 Å². The summed E-state index contributed by atoms with van der Waals surface area (Å²) in [6.45, 7) is 2.09. The summed E-state index contributed by atoms with van der Waals surface area (Å²) in [6, 6.07) is 27.4. The van der Waals surface area contributed by atoms with E-state index in [0.29, 0.717) is 11.6 Å². The maximum absolute atomic E-state index is 12.3. The fourth-order valence-corrected chi connectivity index (χ4v) is 4.92. The SMILES string of the molecule is Cc1ccc(SCCCC(=O)Nc2nc(-c3ccc(Cc4ccccc4)cc3)cs2)cc1. The number of rotatable bonds is 9. The van der Waals surface area contributed by atoms with Crippen LogP contribution in [0.1, 0.15) is 29.5 Å². The maximum atomic E-state index is 12.3. The summed E-state index contributed by atoms with van der Waals surface area (Å²) in [7, 11) is 0. The van der Waals surface area contributed by atoms with E-state index in [-0.39, 0.29) is 5.91 Å². The Morgan fingerprint density at radius 3 is 2.41 bits per heavy atom. The van der Waals surface area contributed by atoms with Crippen molar-refractivity contribution in [2.24, 2.45) is 0 Å². The number of thiazole rings is 1. The van der Waals surface area contributed by atoms with Crippen LogP contribution in [0.15, 0.2) is 89.1 Å². The van der Waals surface area contributed by atoms with Gasteiger partial charge < -0.3 is 5.32 Å². The molecule has 0 radical (unpaired) electrons. The van der Waals surface area contributed by atoms with Crippen LogP contribution in [0.3, 0.4) is 0 Å². The van der Waals surface area contributed by atoms with E-state index in [1.165, 1.54) is 32.9 Å². The average Bonchev–Trinajstić information content (AvgIpc) is 3.27. The Morgan fingerprint density at radius 1 is 0.938 bits per heavy atom. The smallest absolute Gasteiger partial charge is 0.226 e. The van der Waals surface area contributed by atoms with Gasteiger partial charge in [0, 0.05) is 22.3 Å². The Hall–Kier alpha value is -2.89. The molecule has 3 aromatic carbocycles. The highest BCUT2D eigenvalue weighted by atomic mass is 32.2. The molecule has 0 aliphatic carbocycles. The second-order valence-corrected chi connectivity index (χ2v) is 9.74. The topological polar surface area (TPSA) is 42.0 Å². The molecule has 0 aliphatic heterocycles. The highest BCUT2D eigenvalue weighted by Gasteiger charge is 2.09. The first-order valence-electron chi connectivity index (χ1n) is 10.7. The molecule has 0 bridgehead atoms. The lowest BCUT2D eigenvalue weighted by Gasteiger charge is -2.04. The summed E-state index contributed by atoms with van der Waals surface area (Å²) in [5, 5.41) is 5.59. The normalized spacial score (nSPS) is 10.8. The molecule has 0 spiro atoms. The van der Waals surface area contributed by atoms with Gasteiger partial charge in [-0.3, -0.25) is 4.79 Å². The second kappa shape index (κ2) is 11.1. The van der Waals surface area contributed by atoms with Gasteiger partial charge in [-0.25, -0.2) is 4.98 Å². The molecule has 162 valence electrons. The average molecular weight is 459 g/mol. The zero-order valence-electron chi connectivity index (χ0n) is 18.1. The minimum Gasteiger partial charge on any atom is -0.302 e. The molecule has 5 heteroatoms. The number of amides is 1. The number of benzene rings is 3. The van der Waals surface area contributed by atoms with E-state index >= 15 is 0 Å². The Morgan fingerprint density at radius 2 is 1.66 bits per heavy atom. The first-order chi connectivity index (χ1) is 15.7. The first-order valence-corrected chi connectivity index (χ1v) is 12.6. The molecule has 1 N–H and O–H groups in total. The third-order valence-electron chi connectivity index (χ3n) is 5.09. The maximum Gasteiger partial charge on any atom is 0.226 e. The second-order valence-electron chi connectivity index (χ2n) is 7.71. The van der Waals surface area contributed by atoms with Crippen LogP contribution in [0.2, 0.25) is 0 Å². The van der Waals surface area contributed by atoms with Gasteiger partial charge in [0.2, 0.25) is 5.91 Å². The third-order valence-corrected chi connectivity index (χ3v) is 6.95. The van der Waals surface area contributed by atoms with Crippen molar-refractivity contribution >= 4 is 34.1 Å². The molecule has 1 amide bonds. The Labute approximate surface area is 197 Å². The summed E-state index contributed by atoms with van der Waals surface area (Å²) < 4.78 is 0. The van der Waals surface area contributed by atoms with Gasteiger partial charge >= 0.3 is 0 Å². The molecule has 0 atom stereocenters. The van der Waals surface area contributed by atoms with Gasteiger partial charge in [0.05, 0.1) is 5.69 Å². The number of carbonyl (C=O) groups is 1. The lowest BCUT2D eigenvalue weighted by molar-refractivity contribution is -0.116. The zero-order chi connectivity index (χ0) is 22.2. The highest BCUT2D eigenvalue weighted by Crippen LogP contribution is 2.26. The molecule has 3 nitrogen and oxygen atoms in total. The summed E-state index contributed by atoms with van der Waals surface area (Å²) in [4.78, 5) is 18.1. The predicted molar refractivity (Wildman–Crippen MR) is 137 cm³/mol. The van der Waals surface area contributed by atoms with E-state index < -0.39 is 0 Å². The molecule has 32 heavy (non-hydrogen) atoms. The molecule has 0 saturated heterocycles. The number of nitrogens with one attached hydrogen (secondary N) is 1. The standard InChI is InChI=1S/C27H26N2OS2/c1-20-9-15-24(16-10-20)31-17-5-8-26(30)29-27-28-25(19-32-27)23-13-11-22(12-14-23)18-21-6-3-2-4-7-21/h2-4,6-7,9-16,19H,5,8,17-18H2,1H3,(H,28,29,30). The van der Waals surface area contributed by atoms with Crippen molar-refractivity contribution in [3.05, 3.63) is 101 Å². The molecule has 0 saturated carbocycles. The largest absolute Gasteiger partial charge is 0.302 e. The number of hydrogen-bond acceptors (Lipinski definition) is 4. The number of anilines is 1. The predicted octanol–water partition coefficient (Wildman–Crippen LogP) is 7.22. The van der Waals surface area contributed by atoms with Crippen molar-refractivity contribution in [1.82, 2.24) is 4.98 Å². The molecule has 0 aliphatic rings. The highest BCUT2D eigenvalue weighted by molar-refractivity contribution is 7.99. The van der Waals surface area contributed by atoms with E-state index in [4.69, 9.17) is 0 Å². The first kappa shape index (κ1) is 22.3. The van der Waals surface area contributed by atoms with E-state index in [9.17, 15) is 4.79 Å². The van der Waals surface area contributed by atoms with Gasteiger partial charge in [0.1, 0.15) is 0 Å². The zero-order valence-corrected chi connectivity index (χ0v) is 19.7. The molecule has 0 unspecified atom stereocenters. The third kappa shape index (κ3) is 6.55. The van der Waals surface area contributed by atoms with Crippen LogP contribution in [-0.4, -0.2) is 16.6 Å². The number of hydrogen-bond donors (Lipinski definition) is 1. The summed E-state index contributed by atoms with van der Waals surface area (Å²) in [6.07, 6.45) is 2.26. The van der Waals surface area contributed by atoms with Gasteiger partial charge in [-0.15, -0.1) is 23.1 Å². The van der Waals surface area contributed by atoms with Gasteiger partial charge in [-0.2, -0.15) is 0 Å². The number of nitrogens with zero attached hydrogens (tertiary/aromatic N) is 1. The number of thioether (sulfide) groups is 1. The number of aromatic nitrogens is 1. The summed E-state index contributed by atoms with van der Waals surface area (Å²) in [5.41, 5.74) is 5.79. The van der Waals surface area contributed by atoms with Gasteiger partial charge in [0.25, 0.3) is 0 Å². The van der Waals surface area contributed by atoms with Crippen molar-refractivity contribution in [3.63, 3.8) is 0 Å². The molecular weight excluding hydrogens is 432 g/mol. The Kier molecular flexibility index (Phi) is 7.75. The minimum absolute atomic E-state index is 0.0219. The summed E-state index contributed by atoms with van der Waals surface area (Å²) >= 11 is 3.26. The summed E-state index contributed by atoms with van der Waals surface area (Å²) in [5.74, 6) is 0.947. The van der Waals surface area contributed by atoms with Crippen LogP contribution in [0.4, 0.5) is 5.13 Å². The van der Waals surface area contributed by atoms with Gasteiger partial charge in [-0.1, -0.05) is 72.3 Å². The lowest BCUT2D eigenvalue weighted by Crippen LogP contribution is -2.11. The molecule has 4 aromatic rings. The Balaban J connectivity index is 1.24. The lowest BCUT2D eigenvalue weighted by atomic mass is 10.0. The molecule has 4 rings (SSSR count). The molecule has 1 aromatic heterocycles. The van der Waals surface area contributed by atoms with Crippen molar-refractivity contribution in [2.45, 2.75) is 31.1 Å². The van der Waals surface area contributed by atoms with Crippen molar-refractivity contribution < 1.29 is 4.79 Å². The van der Waals surface area contributed by atoms with Crippen LogP contribution in [0, 0.1) is 6.92 Å². The molecular formula is C27H26N2OS2.